The molecule has 0 aliphatic rings. The van der Waals surface area contributed by atoms with Gasteiger partial charge in [0.25, 0.3) is 0 Å². The smallest absolute Gasteiger partial charge is 0.216 e. The number of ether oxygens (including phenoxy) is 3. The van der Waals surface area contributed by atoms with Gasteiger partial charge in [-0.05, 0) is 17.7 Å². The third-order valence-corrected chi connectivity index (χ3v) is 5.92. The molecule has 0 fully saturated rings. The lowest BCUT2D eigenvalue weighted by molar-refractivity contribution is 0.324. The highest BCUT2D eigenvalue weighted by Gasteiger charge is 2.21. The van der Waals surface area contributed by atoms with Gasteiger partial charge in [-0.1, -0.05) is 39.3 Å². The van der Waals surface area contributed by atoms with Crippen molar-refractivity contribution in [1.29, 1.82) is 0 Å². The van der Waals surface area contributed by atoms with Crippen LogP contribution in [0.15, 0.2) is 18.3 Å². The van der Waals surface area contributed by atoms with Gasteiger partial charge in [-0.2, -0.15) is 4.98 Å². The zero-order valence-electron chi connectivity index (χ0n) is 19.1. The second-order valence-electron chi connectivity index (χ2n) is 9.03. The van der Waals surface area contributed by atoms with E-state index in [1.54, 1.807) is 21.3 Å². The highest BCUT2D eigenvalue weighted by molar-refractivity contribution is 6.79. The lowest BCUT2D eigenvalue weighted by Crippen LogP contribution is -2.35. The van der Waals surface area contributed by atoms with E-state index in [-0.39, 0.29) is 0 Å². The summed E-state index contributed by atoms with van der Waals surface area (Å²) in [6.45, 7) is 13.4. The lowest BCUT2D eigenvalue weighted by atomic mass is 10.1. The molecule has 0 unspecified atom stereocenters. The first-order chi connectivity index (χ1) is 13.5. The van der Waals surface area contributed by atoms with Crippen LogP contribution < -0.4 is 24.2 Å². The molecular weight excluding hydrogens is 400 g/mol. The summed E-state index contributed by atoms with van der Waals surface area (Å²) in [4.78, 5) is 16.5. The van der Waals surface area contributed by atoms with Crippen LogP contribution in [0.5, 0.6) is 17.2 Å². The molecule has 0 saturated carbocycles. The zero-order valence-corrected chi connectivity index (χ0v) is 21.1. The number of aromatic nitrogens is 2. The van der Waals surface area contributed by atoms with Crippen LogP contribution in [-0.4, -0.2) is 47.8 Å². The van der Waals surface area contributed by atoms with Crippen molar-refractivity contribution < 1.29 is 14.2 Å². The largest absolute Gasteiger partial charge is 0.493 e. The predicted molar refractivity (Wildman–Crippen MR) is 125 cm³/mol. The Bertz CT molecular complexity index is 824. The number of hydrogen-bond acceptors (Lipinski definition) is 7. The molecule has 0 amide bonds. The van der Waals surface area contributed by atoms with Crippen LogP contribution >= 0.6 is 0 Å². The monoisotopic (exact) mass is 434 g/mol. The number of nitrogens with one attached hydrogen (secondary N) is 2. The van der Waals surface area contributed by atoms with Gasteiger partial charge in [0.2, 0.25) is 11.7 Å². The summed E-state index contributed by atoms with van der Waals surface area (Å²) >= 11 is 0. The van der Waals surface area contributed by atoms with Crippen molar-refractivity contribution in [3.8, 4) is 17.2 Å². The van der Waals surface area contributed by atoms with Gasteiger partial charge in [-0.25, -0.2) is 4.98 Å². The molecule has 0 aliphatic carbocycles. The molecule has 7 nitrogen and oxygen atoms in total. The number of hydrogen-bond donors (Lipinski definition) is 2. The number of benzene rings is 1. The van der Waals surface area contributed by atoms with Crippen molar-refractivity contribution in [2.24, 2.45) is 0 Å². The summed E-state index contributed by atoms with van der Waals surface area (Å²) in [5.41, 5.74) is 2.07. The van der Waals surface area contributed by atoms with Crippen LogP contribution in [0.1, 0.15) is 11.1 Å². The van der Waals surface area contributed by atoms with Crippen molar-refractivity contribution in [3.63, 3.8) is 0 Å². The van der Waals surface area contributed by atoms with Crippen molar-refractivity contribution in [3.05, 3.63) is 29.5 Å². The first kappa shape index (κ1) is 23.0. The molecule has 0 saturated heterocycles. The number of rotatable bonds is 9. The molecule has 1 aromatic heterocycles. The molecule has 0 radical (unpaired) electrons. The minimum absolute atomic E-state index is 0.588. The summed E-state index contributed by atoms with van der Waals surface area (Å²) in [6.07, 6.45) is 2.55. The molecule has 160 valence electrons. The standard InChI is InChI=1S/C20H34N4O3Si2/c1-25-16-11-14(12-17(26-2)18(16)27-3)10-15-13-21-20(24-29(7,8)9)22-19(15)23-28(4,5)6/h11-13H,10H2,1-9H3,(H2,21,22,23,24). The Balaban J connectivity index is 2.45. The summed E-state index contributed by atoms with van der Waals surface area (Å²) < 4.78 is 16.4. The Labute approximate surface area is 176 Å². The van der Waals surface area contributed by atoms with Gasteiger partial charge in [0.15, 0.2) is 11.5 Å². The van der Waals surface area contributed by atoms with Crippen molar-refractivity contribution in [2.45, 2.75) is 45.7 Å². The van der Waals surface area contributed by atoms with Gasteiger partial charge < -0.3 is 24.2 Å². The van der Waals surface area contributed by atoms with Crippen LogP contribution in [0.4, 0.5) is 11.8 Å². The second kappa shape index (κ2) is 9.04. The Kier molecular flexibility index (Phi) is 7.17. The van der Waals surface area contributed by atoms with E-state index in [0.717, 1.165) is 16.9 Å². The van der Waals surface area contributed by atoms with Gasteiger partial charge in [-0.15, -0.1) is 0 Å². The van der Waals surface area contributed by atoms with Gasteiger partial charge in [0, 0.05) is 18.2 Å². The minimum atomic E-state index is -1.60. The van der Waals surface area contributed by atoms with E-state index >= 15 is 0 Å². The normalized spacial score (nSPS) is 11.8. The van der Waals surface area contributed by atoms with Gasteiger partial charge in [0.05, 0.1) is 21.3 Å². The minimum Gasteiger partial charge on any atom is -0.493 e. The summed E-state index contributed by atoms with van der Waals surface area (Å²) in [7, 11) is 1.70. The molecular formula is C20H34N4O3Si2. The first-order valence-corrected chi connectivity index (χ1v) is 16.7. The van der Waals surface area contributed by atoms with Crippen molar-refractivity contribution in [2.75, 3.05) is 31.3 Å². The molecule has 0 aliphatic heterocycles. The van der Waals surface area contributed by atoms with E-state index in [4.69, 9.17) is 19.2 Å². The lowest BCUT2D eigenvalue weighted by Gasteiger charge is -2.23. The highest BCUT2D eigenvalue weighted by Crippen LogP contribution is 2.39. The molecule has 0 spiro atoms. The molecule has 0 bridgehead atoms. The average Bonchev–Trinajstić information content (AvgIpc) is 2.60. The predicted octanol–water partition coefficient (Wildman–Crippen LogP) is 4.59. The third kappa shape index (κ3) is 6.64. The van der Waals surface area contributed by atoms with Crippen LogP contribution in [0, 0.1) is 0 Å². The molecule has 9 heteroatoms. The second-order valence-corrected chi connectivity index (χ2v) is 18.5. The summed E-state index contributed by atoms with van der Waals surface area (Å²) in [6, 6.07) is 3.93. The molecule has 2 N–H and O–H groups in total. The Morgan fingerprint density at radius 1 is 0.828 bits per heavy atom. The van der Waals surface area contributed by atoms with E-state index in [1.807, 2.05) is 18.3 Å². The van der Waals surface area contributed by atoms with E-state index in [9.17, 15) is 0 Å². The SMILES string of the molecule is COc1cc(Cc2cnc(N[Si](C)(C)C)nc2N[Si](C)(C)C)cc(OC)c1OC. The Morgan fingerprint density at radius 3 is 1.83 bits per heavy atom. The van der Waals surface area contributed by atoms with Crippen molar-refractivity contribution >= 4 is 28.2 Å². The van der Waals surface area contributed by atoms with E-state index in [1.165, 1.54) is 0 Å². The highest BCUT2D eigenvalue weighted by atomic mass is 28.3. The Morgan fingerprint density at radius 2 is 1.38 bits per heavy atom. The number of nitrogens with zero attached hydrogens (tertiary/aromatic N) is 2. The maximum Gasteiger partial charge on any atom is 0.216 e. The van der Waals surface area contributed by atoms with Crippen LogP contribution in [0.2, 0.25) is 39.3 Å². The number of anilines is 2. The molecule has 0 atom stereocenters. The molecule has 1 heterocycles. The zero-order chi connectivity index (χ0) is 21.8. The fourth-order valence-corrected chi connectivity index (χ4v) is 4.57. The van der Waals surface area contributed by atoms with Crippen molar-refractivity contribution in [1.82, 2.24) is 9.97 Å². The maximum atomic E-state index is 5.49. The molecule has 2 rings (SSSR count). The fraction of sp³-hybridized carbons (Fsp3) is 0.500. The summed E-state index contributed by atoms with van der Waals surface area (Å²) in [5, 5.41) is 0. The molecule has 2 aromatic rings. The molecule has 29 heavy (non-hydrogen) atoms. The average molecular weight is 435 g/mol. The topological polar surface area (TPSA) is 77.5 Å². The Hall–Kier alpha value is -2.27. The molecule has 1 aromatic carbocycles. The quantitative estimate of drug-likeness (QED) is 0.559. The van der Waals surface area contributed by atoms with E-state index < -0.39 is 16.5 Å². The number of methoxy groups -OCH3 is 3. The summed E-state index contributed by atoms with van der Waals surface area (Å²) in [5.74, 6) is 3.43. The van der Waals surface area contributed by atoms with Crippen LogP contribution in [0.3, 0.4) is 0 Å². The van der Waals surface area contributed by atoms with Gasteiger partial charge >= 0.3 is 0 Å². The van der Waals surface area contributed by atoms with E-state index in [2.05, 4.69) is 54.2 Å². The third-order valence-electron chi connectivity index (χ3n) is 3.96. The van der Waals surface area contributed by atoms with Crippen LogP contribution in [-0.2, 0) is 6.42 Å². The fourth-order valence-electron chi connectivity index (χ4n) is 2.85. The van der Waals surface area contributed by atoms with Gasteiger partial charge in [0.1, 0.15) is 22.3 Å². The van der Waals surface area contributed by atoms with Crippen LogP contribution in [0.25, 0.3) is 0 Å². The van der Waals surface area contributed by atoms with Gasteiger partial charge in [-0.3, -0.25) is 0 Å². The van der Waals surface area contributed by atoms with E-state index in [0.29, 0.717) is 29.6 Å². The first-order valence-electron chi connectivity index (χ1n) is 9.67. The maximum absolute atomic E-state index is 5.49.